The number of rotatable bonds is 6. The number of methoxy groups -OCH3 is 2. The maximum absolute atomic E-state index is 11.9. The Morgan fingerprint density at radius 1 is 1.12 bits per heavy atom. The first kappa shape index (κ1) is 17.9. The summed E-state index contributed by atoms with van der Waals surface area (Å²) in [4.78, 5) is 15.8. The van der Waals surface area contributed by atoms with Crippen LogP contribution in [0, 0.1) is 11.8 Å². The fourth-order valence-electron chi connectivity index (χ4n) is 1.84. The molecular formula is C18H19N3O4. The average molecular weight is 341 g/mol. The second-order valence-electron chi connectivity index (χ2n) is 4.74. The maximum atomic E-state index is 11.9. The van der Waals surface area contributed by atoms with Gasteiger partial charge in [-0.05, 0) is 12.1 Å². The molecular weight excluding hydrogens is 322 g/mol. The summed E-state index contributed by atoms with van der Waals surface area (Å²) in [5.41, 5.74) is 0.557. The van der Waals surface area contributed by atoms with Gasteiger partial charge in [0, 0.05) is 30.1 Å². The van der Waals surface area contributed by atoms with E-state index in [2.05, 4.69) is 27.5 Å². The van der Waals surface area contributed by atoms with Gasteiger partial charge < -0.3 is 24.8 Å². The van der Waals surface area contributed by atoms with Crippen molar-refractivity contribution in [2.45, 2.75) is 0 Å². The fourth-order valence-corrected chi connectivity index (χ4v) is 1.84. The molecule has 0 radical (unpaired) electrons. The van der Waals surface area contributed by atoms with E-state index in [9.17, 15) is 4.79 Å². The second kappa shape index (κ2) is 9.67. The largest absolute Gasteiger partial charge is 0.497 e. The summed E-state index contributed by atoms with van der Waals surface area (Å²) in [6.07, 6.45) is 3.27. The number of carbonyl (C=O) groups is 1. The first-order valence-electron chi connectivity index (χ1n) is 7.47. The van der Waals surface area contributed by atoms with Gasteiger partial charge in [0.1, 0.15) is 23.9 Å². The van der Waals surface area contributed by atoms with Crippen LogP contribution in [-0.4, -0.2) is 38.4 Å². The van der Waals surface area contributed by atoms with Crippen molar-refractivity contribution in [2.24, 2.45) is 0 Å². The number of pyridine rings is 1. The van der Waals surface area contributed by atoms with Crippen LogP contribution in [0.15, 0.2) is 42.7 Å². The third kappa shape index (κ3) is 6.31. The third-order valence-corrected chi connectivity index (χ3v) is 3.02. The lowest BCUT2D eigenvalue weighted by molar-refractivity contribution is 0.253. The number of ether oxygens (including phenoxy) is 3. The molecule has 0 saturated carbocycles. The molecule has 7 nitrogen and oxygen atoms in total. The Morgan fingerprint density at radius 3 is 2.52 bits per heavy atom. The van der Waals surface area contributed by atoms with E-state index in [0.29, 0.717) is 22.9 Å². The lowest BCUT2D eigenvalue weighted by atomic mass is 10.3. The van der Waals surface area contributed by atoms with Crippen molar-refractivity contribution in [1.29, 1.82) is 0 Å². The summed E-state index contributed by atoms with van der Waals surface area (Å²) in [5, 5.41) is 5.32. The van der Waals surface area contributed by atoms with Crippen molar-refractivity contribution in [3.05, 3.63) is 42.7 Å². The molecule has 25 heavy (non-hydrogen) atoms. The Labute approximate surface area is 146 Å². The minimum absolute atomic E-state index is 0.198. The Kier molecular flexibility index (Phi) is 6.95. The van der Waals surface area contributed by atoms with Crippen LogP contribution in [0.4, 0.5) is 10.5 Å². The number of nitrogens with one attached hydrogen (secondary N) is 2. The molecule has 0 fully saturated rings. The van der Waals surface area contributed by atoms with Crippen LogP contribution < -0.4 is 24.8 Å². The number of anilines is 1. The van der Waals surface area contributed by atoms with Gasteiger partial charge in [0.2, 0.25) is 0 Å². The lowest BCUT2D eigenvalue weighted by Crippen LogP contribution is -2.28. The predicted molar refractivity (Wildman–Crippen MR) is 94.1 cm³/mol. The van der Waals surface area contributed by atoms with Gasteiger partial charge in [-0.3, -0.25) is 4.98 Å². The standard InChI is InChI=1S/C18H19N3O4/c1-23-16-10-14(11-17(12-16)24-2)21-18(22)20-8-3-4-9-25-15-6-5-7-19-13-15/h5-7,10-13H,8-9H2,1-2H3,(H2,20,21,22). The highest BCUT2D eigenvalue weighted by atomic mass is 16.5. The number of carbonyl (C=O) groups excluding carboxylic acids is 1. The van der Waals surface area contributed by atoms with Gasteiger partial charge in [0.25, 0.3) is 0 Å². The lowest BCUT2D eigenvalue weighted by Gasteiger charge is -2.09. The van der Waals surface area contributed by atoms with Crippen molar-refractivity contribution in [2.75, 3.05) is 32.7 Å². The normalized spacial score (nSPS) is 9.36. The van der Waals surface area contributed by atoms with E-state index < -0.39 is 0 Å². The molecule has 0 unspecified atom stereocenters. The summed E-state index contributed by atoms with van der Waals surface area (Å²) >= 11 is 0. The van der Waals surface area contributed by atoms with Crippen LogP contribution >= 0.6 is 0 Å². The molecule has 2 amide bonds. The number of hydrogen-bond donors (Lipinski definition) is 2. The molecule has 1 heterocycles. The number of hydrogen-bond acceptors (Lipinski definition) is 5. The maximum Gasteiger partial charge on any atom is 0.319 e. The number of nitrogens with zero attached hydrogens (tertiary/aromatic N) is 1. The van der Waals surface area contributed by atoms with Gasteiger partial charge in [0.15, 0.2) is 0 Å². The van der Waals surface area contributed by atoms with Crippen LogP contribution in [0.25, 0.3) is 0 Å². The van der Waals surface area contributed by atoms with Gasteiger partial charge in [-0.25, -0.2) is 4.79 Å². The van der Waals surface area contributed by atoms with E-state index in [-0.39, 0.29) is 19.2 Å². The molecule has 2 aromatic rings. The zero-order chi connectivity index (χ0) is 17.9. The summed E-state index contributed by atoms with van der Waals surface area (Å²) in [7, 11) is 3.09. The van der Waals surface area contributed by atoms with E-state index >= 15 is 0 Å². The number of aromatic nitrogens is 1. The van der Waals surface area contributed by atoms with Crippen molar-refractivity contribution in [1.82, 2.24) is 10.3 Å². The van der Waals surface area contributed by atoms with Crippen molar-refractivity contribution in [3.63, 3.8) is 0 Å². The van der Waals surface area contributed by atoms with E-state index in [1.54, 1.807) is 56.9 Å². The van der Waals surface area contributed by atoms with Gasteiger partial charge >= 0.3 is 6.03 Å². The first-order chi connectivity index (χ1) is 12.2. The quantitative estimate of drug-likeness (QED) is 0.788. The molecule has 2 N–H and O–H groups in total. The van der Waals surface area contributed by atoms with Gasteiger partial charge in [-0.2, -0.15) is 0 Å². The van der Waals surface area contributed by atoms with Gasteiger partial charge in [0.05, 0.1) is 27.0 Å². The van der Waals surface area contributed by atoms with E-state index in [1.807, 2.05) is 0 Å². The molecule has 1 aromatic carbocycles. The molecule has 0 saturated heterocycles. The Bertz CT molecular complexity index is 732. The minimum Gasteiger partial charge on any atom is -0.497 e. The molecule has 0 aliphatic heterocycles. The van der Waals surface area contributed by atoms with Crippen LogP contribution in [0.2, 0.25) is 0 Å². The van der Waals surface area contributed by atoms with Crippen molar-refractivity contribution >= 4 is 11.7 Å². The highest BCUT2D eigenvalue weighted by Crippen LogP contribution is 2.25. The van der Waals surface area contributed by atoms with E-state index in [0.717, 1.165) is 0 Å². The third-order valence-electron chi connectivity index (χ3n) is 3.02. The SMILES string of the molecule is COc1cc(NC(=O)NCC#CCOc2cccnc2)cc(OC)c1. The zero-order valence-electron chi connectivity index (χ0n) is 14.0. The molecule has 130 valence electrons. The number of urea groups is 1. The minimum atomic E-state index is -0.377. The van der Waals surface area contributed by atoms with Gasteiger partial charge in [-0.15, -0.1) is 0 Å². The first-order valence-corrected chi connectivity index (χ1v) is 7.47. The molecule has 2 rings (SSSR count). The molecule has 0 bridgehead atoms. The van der Waals surface area contributed by atoms with Crippen molar-refractivity contribution in [3.8, 4) is 29.1 Å². The molecule has 1 aromatic heterocycles. The monoisotopic (exact) mass is 341 g/mol. The Morgan fingerprint density at radius 2 is 1.88 bits per heavy atom. The number of benzene rings is 1. The second-order valence-corrected chi connectivity index (χ2v) is 4.74. The van der Waals surface area contributed by atoms with E-state index in [1.165, 1.54) is 0 Å². The van der Waals surface area contributed by atoms with Crippen LogP contribution in [0.1, 0.15) is 0 Å². The van der Waals surface area contributed by atoms with Crippen LogP contribution in [0.3, 0.4) is 0 Å². The highest BCUT2D eigenvalue weighted by molar-refractivity contribution is 5.89. The van der Waals surface area contributed by atoms with E-state index in [4.69, 9.17) is 14.2 Å². The molecule has 0 atom stereocenters. The average Bonchev–Trinajstić information content (AvgIpc) is 2.65. The highest BCUT2D eigenvalue weighted by Gasteiger charge is 2.05. The predicted octanol–water partition coefficient (Wildman–Crippen LogP) is 2.30. The topological polar surface area (TPSA) is 81.7 Å². The van der Waals surface area contributed by atoms with Crippen LogP contribution in [0.5, 0.6) is 17.2 Å². The summed E-state index contributed by atoms with van der Waals surface area (Å²) in [5.74, 6) is 7.43. The molecule has 0 spiro atoms. The van der Waals surface area contributed by atoms with Gasteiger partial charge in [-0.1, -0.05) is 11.8 Å². The smallest absolute Gasteiger partial charge is 0.319 e. The molecule has 0 aliphatic rings. The summed E-state index contributed by atoms with van der Waals surface area (Å²) in [6.45, 7) is 0.422. The molecule has 0 aliphatic carbocycles. The zero-order valence-corrected chi connectivity index (χ0v) is 14.0. The summed E-state index contributed by atoms with van der Waals surface area (Å²) < 4.78 is 15.7. The number of amides is 2. The fraction of sp³-hybridized carbons (Fsp3) is 0.222. The van der Waals surface area contributed by atoms with Crippen molar-refractivity contribution < 1.29 is 19.0 Å². The van der Waals surface area contributed by atoms with Crippen LogP contribution in [-0.2, 0) is 0 Å². The molecule has 7 heteroatoms. The Balaban J connectivity index is 1.75. The summed E-state index contributed by atoms with van der Waals surface area (Å²) in [6, 6.07) is 8.30. The Hall–Kier alpha value is -3.40.